The summed E-state index contributed by atoms with van der Waals surface area (Å²) in [5, 5.41) is 0. The topological polar surface area (TPSA) is 42.0 Å². The first-order valence-electron chi connectivity index (χ1n) is 8.63. The van der Waals surface area contributed by atoms with Gasteiger partial charge in [0, 0.05) is 32.2 Å². The van der Waals surface area contributed by atoms with E-state index in [-0.39, 0.29) is 12.2 Å². The molecule has 0 N–H and O–H groups in total. The Hall–Kier alpha value is -1.75. The number of benzene rings is 1. The second-order valence-corrected chi connectivity index (χ2v) is 6.25. The van der Waals surface area contributed by atoms with Crippen LogP contribution in [0.25, 0.3) is 0 Å². The van der Waals surface area contributed by atoms with Crippen LogP contribution in [0, 0.1) is 0 Å². The van der Waals surface area contributed by atoms with Crippen molar-refractivity contribution in [1.82, 2.24) is 9.80 Å². The maximum Gasteiger partial charge on any atom is 0.409 e. The SMILES string of the molecule is CCOC(=O)N1CCC(N2CC[C@H](Oc3ccccc3)C2)CC1. The molecule has 2 aliphatic heterocycles. The molecule has 3 rings (SSSR count). The smallest absolute Gasteiger partial charge is 0.409 e. The van der Waals surface area contributed by atoms with Crippen LogP contribution in [0.15, 0.2) is 30.3 Å². The predicted octanol–water partition coefficient (Wildman–Crippen LogP) is 2.76. The molecule has 0 aromatic heterocycles. The number of hydrogen-bond acceptors (Lipinski definition) is 4. The van der Waals surface area contributed by atoms with Gasteiger partial charge >= 0.3 is 6.09 Å². The lowest BCUT2D eigenvalue weighted by Crippen LogP contribution is -2.46. The van der Waals surface area contributed by atoms with Crippen molar-refractivity contribution < 1.29 is 14.3 Å². The molecule has 2 fully saturated rings. The van der Waals surface area contributed by atoms with Gasteiger partial charge in [-0.25, -0.2) is 4.79 Å². The van der Waals surface area contributed by atoms with Crippen molar-refractivity contribution in [3.63, 3.8) is 0 Å². The number of piperidine rings is 1. The predicted molar refractivity (Wildman–Crippen MR) is 88.7 cm³/mol. The summed E-state index contributed by atoms with van der Waals surface area (Å²) in [6.07, 6.45) is 3.24. The van der Waals surface area contributed by atoms with Crippen molar-refractivity contribution in [1.29, 1.82) is 0 Å². The number of hydrogen-bond donors (Lipinski definition) is 0. The van der Waals surface area contributed by atoms with Crippen molar-refractivity contribution >= 4 is 6.09 Å². The van der Waals surface area contributed by atoms with Gasteiger partial charge in [-0.2, -0.15) is 0 Å². The quantitative estimate of drug-likeness (QED) is 0.856. The van der Waals surface area contributed by atoms with E-state index >= 15 is 0 Å². The molecule has 2 heterocycles. The van der Waals surface area contributed by atoms with Gasteiger partial charge in [-0.05, 0) is 38.3 Å². The Morgan fingerprint density at radius 2 is 1.87 bits per heavy atom. The zero-order chi connectivity index (χ0) is 16.1. The normalized spacial score (nSPS) is 23.0. The Labute approximate surface area is 138 Å². The van der Waals surface area contributed by atoms with E-state index in [2.05, 4.69) is 4.90 Å². The number of rotatable bonds is 4. The molecule has 126 valence electrons. The van der Waals surface area contributed by atoms with Gasteiger partial charge in [-0.3, -0.25) is 4.90 Å². The van der Waals surface area contributed by atoms with Gasteiger partial charge in [-0.1, -0.05) is 18.2 Å². The summed E-state index contributed by atoms with van der Waals surface area (Å²) in [4.78, 5) is 16.1. The molecule has 23 heavy (non-hydrogen) atoms. The van der Waals surface area contributed by atoms with Gasteiger partial charge in [-0.15, -0.1) is 0 Å². The highest BCUT2D eigenvalue weighted by atomic mass is 16.6. The molecular weight excluding hydrogens is 292 g/mol. The molecule has 2 saturated heterocycles. The van der Waals surface area contributed by atoms with Crippen molar-refractivity contribution in [3.8, 4) is 5.75 Å². The Kier molecular flexibility index (Phi) is 5.39. The van der Waals surface area contributed by atoms with Gasteiger partial charge in [0.25, 0.3) is 0 Å². The first-order valence-corrected chi connectivity index (χ1v) is 8.63. The summed E-state index contributed by atoms with van der Waals surface area (Å²) in [5.41, 5.74) is 0. The summed E-state index contributed by atoms with van der Waals surface area (Å²) < 4.78 is 11.1. The van der Waals surface area contributed by atoms with Gasteiger partial charge in [0.1, 0.15) is 11.9 Å². The highest BCUT2D eigenvalue weighted by Gasteiger charge is 2.32. The van der Waals surface area contributed by atoms with Crippen LogP contribution in [-0.4, -0.2) is 60.8 Å². The number of amides is 1. The molecule has 1 aromatic rings. The molecule has 0 radical (unpaired) electrons. The van der Waals surface area contributed by atoms with Gasteiger partial charge in [0.2, 0.25) is 0 Å². The summed E-state index contributed by atoms with van der Waals surface area (Å²) in [6, 6.07) is 10.6. The van der Waals surface area contributed by atoms with Gasteiger partial charge in [0.15, 0.2) is 0 Å². The van der Waals surface area contributed by atoms with Crippen molar-refractivity contribution in [2.75, 3.05) is 32.8 Å². The molecule has 1 atom stereocenters. The fraction of sp³-hybridized carbons (Fsp3) is 0.611. The van der Waals surface area contributed by atoms with Gasteiger partial charge < -0.3 is 14.4 Å². The molecule has 0 spiro atoms. The third-order valence-electron chi connectivity index (χ3n) is 4.73. The standard InChI is InChI=1S/C18H26N2O3/c1-2-22-18(21)19-11-8-15(9-12-19)20-13-10-17(14-20)23-16-6-4-3-5-7-16/h3-7,15,17H,2,8-14H2,1H3/t17-/m0/s1. The summed E-state index contributed by atoms with van der Waals surface area (Å²) in [6.45, 7) is 5.96. The van der Waals surface area contributed by atoms with Crippen LogP contribution in [0.2, 0.25) is 0 Å². The van der Waals surface area contributed by atoms with Crippen LogP contribution in [0.4, 0.5) is 4.79 Å². The van der Waals surface area contributed by atoms with E-state index < -0.39 is 0 Å². The lowest BCUT2D eigenvalue weighted by Gasteiger charge is -2.36. The number of para-hydroxylation sites is 1. The van der Waals surface area contributed by atoms with Crippen LogP contribution >= 0.6 is 0 Å². The second kappa shape index (κ2) is 7.68. The average Bonchev–Trinajstić information content (AvgIpc) is 3.05. The minimum Gasteiger partial charge on any atom is -0.489 e. The van der Waals surface area contributed by atoms with E-state index in [1.54, 1.807) is 0 Å². The second-order valence-electron chi connectivity index (χ2n) is 6.25. The average molecular weight is 318 g/mol. The first-order chi connectivity index (χ1) is 11.3. The fourth-order valence-electron chi connectivity index (χ4n) is 3.50. The lowest BCUT2D eigenvalue weighted by atomic mass is 10.0. The van der Waals surface area contributed by atoms with Crippen molar-refractivity contribution in [3.05, 3.63) is 30.3 Å². The van der Waals surface area contributed by atoms with Gasteiger partial charge in [0.05, 0.1) is 6.61 Å². The summed E-state index contributed by atoms with van der Waals surface area (Å²) >= 11 is 0. The van der Waals surface area contributed by atoms with E-state index in [1.807, 2.05) is 42.2 Å². The highest BCUT2D eigenvalue weighted by molar-refractivity contribution is 5.67. The monoisotopic (exact) mass is 318 g/mol. The van der Waals surface area contributed by atoms with Crippen LogP contribution in [0.5, 0.6) is 5.75 Å². The maximum absolute atomic E-state index is 11.8. The summed E-state index contributed by atoms with van der Waals surface area (Å²) in [5.74, 6) is 0.955. The Bertz CT molecular complexity index is 500. The minimum absolute atomic E-state index is 0.169. The van der Waals surface area contributed by atoms with Crippen LogP contribution < -0.4 is 4.74 Å². The Morgan fingerprint density at radius 1 is 1.13 bits per heavy atom. The largest absolute Gasteiger partial charge is 0.489 e. The highest BCUT2D eigenvalue weighted by Crippen LogP contribution is 2.24. The molecule has 5 heteroatoms. The Balaban J connectivity index is 1.44. The van der Waals surface area contributed by atoms with Crippen molar-refractivity contribution in [2.45, 2.75) is 38.3 Å². The van der Waals surface area contributed by atoms with E-state index in [9.17, 15) is 4.79 Å². The molecule has 1 amide bonds. The number of carbonyl (C=O) groups excluding carboxylic acids is 1. The zero-order valence-electron chi connectivity index (χ0n) is 13.8. The lowest BCUT2D eigenvalue weighted by molar-refractivity contribution is 0.0774. The van der Waals surface area contributed by atoms with E-state index in [1.165, 1.54) is 0 Å². The fourth-order valence-corrected chi connectivity index (χ4v) is 3.50. The third-order valence-corrected chi connectivity index (χ3v) is 4.73. The van der Waals surface area contributed by atoms with Crippen molar-refractivity contribution in [2.24, 2.45) is 0 Å². The molecule has 0 saturated carbocycles. The molecule has 0 aliphatic carbocycles. The maximum atomic E-state index is 11.8. The molecule has 0 bridgehead atoms. The molecule has 1 aromatic carbocycles. The molecule has 2 aliphatic rings. The van der Waals surface area contributed by atoms with Crippen LogP contribution in [0.3, 0.4) is 0 Å². The molecule has 5 nitrogen and oxygen atoms in total. The number of ether oxygens (including phenoxy) is 2. The Morgan fingerprint density at radius 3 is 2.57 bits per heavy atom. The molecular formula is C18H26N2O3. The zero-order valence-corrected chi connectivity index (χ0v) is 13.8. The van der Waals surface area contributed by atoms with E-state index in [0.717, 1.165) is 51.2 Å². The van der Waals surface area contributed by atoms with Crippen LogP contribution in [-0.2, 0) is 4.74 Å². The molecule has 0 unspecified atom stereocenters. The number of likely N-dealkylation sites (tertiary alicyclic amines) is 2. The summed E-state index contributed by atoms with van der Waals surface area (Å²) in [7, 11) is 0. The van der Waals surface area contributed by atoms with E-state index in [4.69, 9.17) is 9.47 Å². The number of nitrogens with zero attached hydrogens (tertiary/aromatic N) is 2. The third kappa shape index (κ3) is 4.16. The first kappa shape index (κ1) is 16.1. The van der Waals surface area contributed by atoms with Crippen LogP contribution in [0.1, 0.15) is 26.2 Å². The minimum atomic E-state index is -0.169. The number of carbonyl (C=O) groups is 1. The van der Waals surface area contributed by atoms with E-state index in [0.29, 0.717) is 12.6 Å².